The number of aliphatic imine (C=N–C) groups is 1. The Kier molecular flexibility index (Phi) is 7.82. The van der Waals surface area contributed by atoms with Gasteiger partial charge >= 0.3 is 0 Å². The lowest BCUT2D eigenvalue weighted by atomic mass is 10.1. The van der Waals surface area contributed by atoms with Crippen LogP contribution in [0.1, 0.15) is 32.3 Å². The Bertz CT molecular complexity index is 850. The zero-order valence-corrected chi connectivity index (χ0v) is 19.2. The number of benzene rings is 1. The first kappa shape index (κ1) is 22.4. The fraction of sp³-hybridized carbons (Fsp3) is 0.520. The van der Waals surface area contributed by atoms with Gasteiger partial charge in [-0.3, -0.25) is 0 Å². The molecule has 2 aliphatic rings. The fourth-order valence-electron chi connectivity index (χ4n) is 4.19. The summed E-state index contributed by atoms with van der Waals surface area (Å²) in [5.41, 5.74) is 1.12. The van der Waals surface area contributed by atoms with Gasteiger partial charge in [-0.25, -0.2) is 9.98 Å². The molecule has 172 valence electrons. The van der Waals surface area contributed by atoms with Crippen LogP contribution in [0.5, 0.6) is 5.75 Å². The molecule has 1 N–H and O–H groups in total. The van der Waals surface area contributed by atoms with Crippen molar-refractivity contribution in [3.8, 4) is 5.75 Å². The van der Waals surface area contributed by atoms with Crippen molar-refractivity contribution in [1.29, 1.82) is 0 Å². The van der Waals surface area contributed by atoms with E-state index >= 15 is 0 Å². The van der Waals surface area contributed by atoms with Gasteiger partial charge in [0, 0.05) is 51.8 Å². The molecule has 1 unspecified atom stereocenters. The van der Waals surface area contributed by atoms with E-state index in [0.29, 0.717) is 6.54 Å². The average Bonchev–Trinajstić information content (AvgIpc) is 2.83. The average molecular weight is 438 g/mol. The van der Waals surface area contributed by atoms with Gasteiger partial charge in [0.2, 0.25) is 0 Å². The number of morpholine rings is 1. The number of anilines is 1. The number of rotatable bonds is 6. The molecule has 7 heteroatoms. The van der Waals surface area contributed by atoms with Crippen LogP contribution < -0.4 is 15.0 Å². The number of ether oxygens (including phenoxy) is 2. The molecule has 32 heavy (non-hydrogen) atoms. The van der Waals surface area contributed by atoms with Crippen LogP contribution in [0.2, 0.25) is 0 Å². The highest BCUT2D eigenvalue weighted by atomic mass is 16.5. The molecule has 0 aliphatic carbocycles. The van der Waals surface area contributed by atoms with E-state index in [-0.39, 0.29) is 12.2 Å². The van der Waals surface area contributed by atoms with E-state index in [1.807, 2.05) is 36.5 Å². The number of guanidine groups is 1. The van der Waals surface area contributed by atoms with Crippen molar-refractivity contribution < 1.29 is 9.47 Å². The molecule has 1 aromatic heterocycles. The Hall–Kier alpha value is -2.80. The van der Waals surface area contributed by atoms with Gasteiger partial charge in [0.15, 0.2) is 5.96 Å². The van der Waals surface area contributed by atoms with E-state index in [1.165, 1.54) is 0 Å². The molecule has 2 fully saturated rings. The van der Waals surface area contributed by atoms with E-state index in [4.69, 9.17) is 14.5 Å². The minimum Gasteiger partial charge on any atom is -0.490 e. The maximum absolute atomic E-state index is 6.13. The van der Waals surface area contributed by atoms with Crippen molar-refractivity contribution >= 4 is 11.8 Å². The smallest absolute Gasteiger partial charge is 0.194 e. The maximum atomic E-state index is 6.13. The molecule has 2 aliphatic heterocycles. The van der Waals surface area contributed by atoms with Crippen molar-refractivity contribution in [2.75, 3.05) is 44.2 Å². The molecule has 1 aromatic carbocycles. The Labute approximate surface area is 191 Å². The zero-order valence-electron chi connectivity index (χ0n) is 19.2. The van der Waals surface area contributed by atoms with Gasteiger partial charge in [0.05, 0.1) is 19.3 Å². The van der Waals surface area contributed by atoms with E-state index in [1.54, 1.807) is 0 Å². The first-order valence-electron chi connectivity index (χ1n) is 11.8. The van der Waals surface area contributed by atoms with Crippen LogP contribution in [0.3, 0.4) is 0 Å². The topological polar surface area (TPSA) is 62.2 Å². The minimum atomic E-state index is 0.250. The first-order chi connectivity index (χ1) is 15.7. The van der Waals surface area contributed by atoms with Gasteiger partial charge in [-0.2, -0.15) is 0 Å². The second-order valence-electron chi connectivity index (χ2n) is 8.44. The highest BCUT2D eigenvalue weighted by Crippen LogP contribution is 2.19. The largest absolute Gasteiger partial charge is 0.490 e. The van der Waals surface area contributed by atoms with E-state index in [0.717, 1.165) is 75.3 Å². The molecule has 2 aromatic rings. The predicted molar refractivity (Wildman–Crippen MR) is 128 cm³/mol. The second-order valence-corrected chi connectivity index (χ2v) is 8.44. The molecule has 0 amide bonds. The van der Waals surface area contributed by atoms with Gasteiger partial charge in [0.1, 0.15) is 17.7 Å². The highest BCUT2D eigenvalue weighted by molar-refractivity contribution is 5.80. The van der Waals surface area contributed by atoms with E-state index in [2.05, 4.69) is 46.1 Å². The summed E-state index contributed by atoms with van der Waals surface area (Å²) < 4.78 is 11.8. The summed E-state index contributed by atoms with van der Waals surface area (Å²) in [5, 5.41) is 3.45. The third kappa shape index (κ3) is 6.13. The number of likely N-dealkylation sites (tertiary alicyclic amines) is 1. The summed E-state index contributed by atoms with van der Waals surface area (Å²) in [5.74, 6) is 2.94. The highest BCUT2D eigenvalue weighted by Gasteiger charge is 2.23. The standard InChI is InChI=1S/C25H35N5O2/c1-3-26-25(29-13-11-23(12-14-29)32-22-7-5-4-6-8-22)28-18-21-9-10-24(27-17-21)30-15-16-31-20(2)19-30/h4-10,17,20,23H,3,11-16,18-19H2,1-2H3,(H,26,28). The monoisotopic (exact) mass is 437 g/mol. The molecule has 3 heterocycles. The predicted octanol–water partition coefficient (Wildman–Crippen LogP) is 3.32. The van der Waals surface area contributed by atoms with Crippen molar-refractivity contribution in [2.24, 2.45) is 4.99 Å². The molecule has 0 spiro atoms. The van der Waals surface area contributed by atoms with Crippen molar-refractivity contribution in [1.82, 2.24) is 15.2 Å². The summed E-state index contributed by atoms with van der Waals surface area (Å²) in [7, 11) is 0. The van der Waals surface area contributed by atoms with Gasteiger partial charge < -0.3 is 24.6 Å². The van der Waals surface area contributed by atoms with Crippen LogP contribution in [-0.2, 0) is 11.3 Å². The fourth-order valence-corrected chi connectivity index (χ4v) is 4.19. The van der Waals surface area contributed by atoms with Crippen molar-refractivity contribution in [3.63, 3.8) is 0 Å². The van der Waals surface area contributed by atoms with Crippen LogP contribution in [0.15, 0.2) is 53.7 Å². The third-order valence-electron chi connectivity index (χ3n) is 5.91. The Morgan fingerprint density at radius 2 is 1.97 bits per heavy atom. The number of aromatic nitrogens is 1. The molecule has 2 saturated heterocycles. The number of para-hydroxylation sites is 1. The van der Waals surface area contributed by atoms with Crippen LogP contribution in [0.4, 0.5) is 5.82 Å². The Balaban J connectivity index is 1.31. The van der Waals surface area contributed by atoms with E-state index < -0.39 is 0 Å². The second kappa shape index (κ2) is 11.2. The molecular weight excluding hydrogens is 402 g/mol. The summed E-state index contributed by atoms with van der Waals surface area (Å²) in [6, 6.07) is 14.3. The molecule has 4 rings (SSSR count). The quantitative estimate of drug-likeness (QED) is 0.553. The number of nitrogens with one attached hydrogen (secondary N) is 1. The van der Waals surface area contributed by atoms with Crippen molar-refractivity contribution in [2.45, 2.75) is 45.4 Å². The molecular formula is C25H35N5O2. The molecule has 7 nitrogen and oxygen atoms in total. The minimum absolute atomic E-state index is 0.250. The first-order valence-corrected chi connectivity index (χ1v) is 11.8. The lowest BCUT2D eigenvalue weighted by Gasteiger charge is -2.34. The number of piperidine rings is 1. The Morgan fingerprint density at radius 3 is 2.66 bits per heavy atom. The van der Waals surface area contributed by atoms with Crippen molar-refractivity contribution in [3.05, 3.63) is 54.2 Å². The van der Waals surface area contributed by atoms with Gasteiger partial charge in [-0.1, -0.05) is 24.3 Å². The number of hydrogen-bond donors (Lipinski definition) is 1. The van der Waals surface area contributed by atoms with Gasteiger partial charge in [-0.05, 0) is 37.6 Å². The third-order valence-corrected chi connectivity index (χ3v) is 5.91. The SMILES string of the molecule is CCNC(=NCc1ccc(N2CCOC(C)C2)nc1)N1CCC(Oc2ccccc2)CC1. The summed E-state index contributed by atoms with van der Waals surface area (Å²) >= 11 is 0. The van der Waals surface area contributed by atoms with Crippen LogP contribution in [0.25, 0.3) is 0 Å². The Morgan fingerprint density at radius 1 is 1.16 bits per heavy atom. The maximum Gasteiger partial charge on any atom is 0.194 e. The van der Waals surface area contributed by atoms with Crippen LogP contribution in [0, 0.1) is 0 Å². The van der Waals surface area contributed by atoms with E-state index in [9.17, 15) is 0 Å². The normalized spacial score (nSPS) is 20.3. The molecule has 0 saturated carbocycles. The molecule has 0 bridgehead atoms. The van der Waals surface area contributed by atoms with Crippen LogP contribution >= 0.6 is 0 Å². The van der Waals surface area contributed by atoms with Crippen LogP contribution in [-0.4, -0.2) is 67.4 Å². The van der Waals surface area contributed by atoms with Gasteiger partial charge in [-0.15, -0.1) is 0 Å². The zero-order chi connectivity index (χ0) is 22.2. The molecule has 1 atom stereocenters. The van der Waals surface area contributed by atoms with Gasteiger partial charge in [0.25, 0.3) is 0 Å². The molecule has 0 radical (unpaired) electrons. The summed E-state index contributed by atoms with van der Waals surface area (Å²) in [6.07, 6.45) is 4.44. The summed E-state index contributed by atoms with van der Waals surface area (Å²) in [4.78, 5) is 14.2. The lowest BCUT2D eigenvalue weighted by molar-refractivity contribution is 0.0529. The number of hydrogen-bond acceptors (Lipinski definition) is 5. The number of pyridine rings is 1. The lowest BCUT2D eigenvalue weighted by Crippen LogP contribution is -2.47. The summed E-state index contributed by atoms with van der Waals surface area (Å²) in [6.45, 7) is 10.1. The number of nitrogens with zero attached hydrogens (tertiary/aromatic N) is 4.